The molecular formula is C57H58ClF10N5O6+4. The molecule has 11 nitrogen and oxygen atoms in total. The Morgan fingerprint density at radius 3 is 1.85 bits per heavy atom. The standard InChI is InChI=1S/C57H57ClF10N5O6/c1-36-11-17-72-48(27-36)49-28-37(35-79-54(13-14-54)53(74)69-16-20-76-22-24-78-26-25-77-23-21-75-19-6-4-3-5-15-58)12-18-73(49)55(72,43-30-41(60)32-45(62)51(43)46-9-7-38(33-70(46)2)56(63,64)65)52-42-29-40(59)31-44(61)50(42)47-10-8-39(34-71(47)52)57(66,67)68/h7-12,17-18,27-34,52H,3-6,13-16,19-26,35H2,1-2H3/q+3/p+1/t52-,55?/m0/s1. The smallest absolute Gasteiger partial charge is 0.379 e. The van der Waals surface area contributed by atoms with E-state index in [4.69, 9.17) is 35.3 Å². The van der Waals surface area contributed by atoms with Crippen LogP contribution in [0, 0.1) is 30.2 Å². The molecule has 0 spiro atoms. The summed E-state index contributed by atoms with van der Waals surface area (Å²) in [4.78, 5) is 13.5. The van der Waals surface area contributed by atoms with E-state index in [1.807, 2.05) is 0 Å². The Bertz CT molecular complexity index is 3210. The number of pyridine rings is 4. The van der Waals surface area contributed by atoms with Crippen molar-refractivity contribution in [3.05, 3.63) is 154 Å². The zero-order valence-corrected chi connectivity index (χ0v) is 44.0. The second-order valence-electron chi connectivity index (χ2n) is 19.8. The van der Waals surface area contributed by atoms with Gasteiger partial charge in [-0.2, -0.15) is 30.9 Å². The highest BCUT2D eigenvalue weighted by Crippen LogP contribution is 2.50. The van der Waals surface area contributed by atoms with Crippen molar-refractivity contribution in [2.75, 3.05) is 65.3 Å². The van der Waals surface area contributed by atoms with Gasteiger partial charge in [0.15, 0.2) is 24.8 Å². The summed E-state index contributed by atoms with van der Waals surface area (Å²) < 4.78 is 186. The second kappa shape index (κ2) is 23.9. The van der Waals surface area contributed by atoms with Crippen LogP contribution in [0.3, 0.4) is 0 Å². The molecular weight excluding hydrogens is 1080 g/mol. The number of ether oxygens (including phenoxy) is 5. The zero-order chi connectivity index (χ0) is 56.3. The van der Waals surface area contributed by atoms with Crippen molar-refractivity contribution in [1.82, 2.24) is 5.32 Å². The van der Waals surface area contributed by atoms with Crippen molar-refractivity contribution >= 4 is 17.5 Å². The summed E-state index contributed by atoms with van der Waals surface area (Å²) in [5.41, 5.74) is -5.69. The van der Waals surface area contributed by atoms with Gasteiger partial charge in [0.1, 0.15) is 52.6 Å². The van der Waals surface area contributed by atoms with Crippen LogP contribution < -0.4 is 23.6 Å². The van der Waals surface area contributed by atoms with Gasteiger partial charge >= 0.3 is 24.1 Å². The van der Waals surface area contributed by atoms with Crippen molar-refractivity contribution in [3.63, 3.8) is 0 Å². The van der Waals surface area contributed by atoms with Crippen molar-refractivity contribution in [2.24, 2.45) is 7.05 Å². The zero-order valence-electron chi connectivity index (χ0n) is 43.2. The Morgan fingerprint density at radius 2 is 1.22 bits per heavy atom. The van der Waals surface area contributed by atoms with E-state index < -0.39 is 69.6 Å². The van der Waals surface area contributed by atoms with Crippen molar-refractivity contribution in [3.8, 4) is 33.9 Å². The maximum Gasteiger partial charge on any atom is 0.457 e. The van der Waals surface area contributed by atoms with Crippen molar-refractivity contribution in [1.29, 1.82) is 0 Å². The van der Waals surface area contributed by atoms with Gasteiger partial charge in [0.05, 0.1) is 69.5 Å². The number of aromatic nitrogens is 4. The quantitative estimate of drug-likeness (QED) is 0.0266. The largest absolute Gasteiger partial charge is 0.457 e. The summed E-state index contributed by atoms with van der Waals surface area (Å²) in [5, 5.41) is 2.86. The first-order valence-corrected chi connectivity index (χ1v) is 26.4. The summed E-state index contributed by atoms with van der Waals surface area (Å²) >= 11 is 5.69. The number of halogens is 11. The van der Waals surface area contributed by atoms with Gasteiger partial charge in [-0.25, -0.2) is 22.1 Å². The summed E-state index contributed by atoms with van der Waals surface area (Å²) in [7, 11) is 1.22. The van der Waals surface area contributed by atoms with E-state index in [1.165, 1.54) is 28.6 Å². The number of rotatable bonds is 25. The van der Waals surface area contributed by atoms with Crippen LogP contribution >= 0.6 is 11.6 Å². The van der Waals surface area contributed by atoms with Gasteiger partial charge in [0.25, 0.3) is 17.3 Å². The molecule has 6 heterocycles. The molecule has 1 fully saturated rings. The molecule has 4 aromatic heterocycles. The SMILES string of the molecule is Cc1cc[n+]2c(c1)-c1cc(COC3(C(=O)NCCOCCOCCOCCOCCCCCCCl)CC3)cc[n+]1C2(c1cc(F)cc(F)c1-c1ccc(C(F)(F)F)c[n+]1C)[C@@H]1c2cc(F)cc(F)c2-c2ccc(C(F)(F)F)c[n+]21. The fourth-order valence-corrected chi connectivity index (χ4v) is 10.7. The maximum absolute atomic E-state index is 17.1. The van der Waals surface area contributed by atoms with Crippen LogP contribution in [0.4, 0.5) is 43.9 Å². The molecule has 1 aliphatic carbocycles. The first-order chi connectivity index (χ1) is 37.8. The third-order valence-electron chi connectivity index (χ3n) is 14.3. The molecule has 420 valence electrons. The van der Waals surface area contributed by atoms with Crippen LogP contribution in [0.1, 0.15) is 77.9 Å². The Labute approximate surface area is 454 Å². The van der Waals surface area contributed by atoms with Crippen molar-refractivity contribution < 1.29 is 90.7 Å². The Morgan fingerprint density at radius 1 is 0.646 bits per heavy atom. The van der Waals surface area contributed by atoms with Crippen LogP contribution in [0.25, 0.3) is 33.9 Å². The van der Waals surface area contributed by atoms with Gasteiger partial charge < -0.3 is 29.0 Å². The predicted octanol–water partition coefficient (Wildman–Crippen LogP) is 9.47. The first kappa shape index (κ1) is 57.6. The number of unbranched alkanes of at least 4 members (excludes halogenated alkanes) is 3. The number of aryl methyl sites for hydroxylation is 2. The Balaban J connectivity index is 0.999. The molecule has 1 N–H and O–H groups in total. The number of carbonyl (C=O) groups is 1. The molecule has 22 heteroatoms. The first-order valence-electron chi connectivity index (χ1n) is 25.8. The lowest BCUT2D eigenvalue weighted by molar-refractivity contribution is -0.990. The van der Waals surface area contributed by atoms with Crippen LogP contribution in [0.2, 0.25) is 0 Å². The Hall–Kier alpha value is -6.10. The van der Waals surface area contributed by atoms with Gasteiger partial charge in [-0.05, 0) is 68.0 Å². The average Bonchev–Trinajstić information content (AvgIpc) is 1.94. The molecule has 2 aromatic carbocycles. The number of amides is 1. The molecule has 79 heavy (non-hydrogen) atoms. The van der Waals surface area contributed by atoms with Crippen LogP contribution in [-0.2, 0) is 60.1 Å². The van der Waals surface area contributed by atoms with E-state index in [9.17, 15) is 31.1 Å². The summed E-state index contributed by atoms with van der Waals surface area (Å²) in [6.07, 6.45) is -0.383. The minimum Gasteiger partial charge on any atom is -0.379 e. The maximum atomic E-state index is 17.1. The fraction of sp³-hybridized carbons (Fsp3) is 0.421. The summed E-state index contributed by atoms with van der Waals surface area (Å²) in [5.74, 6) is -4.39. The highest BCUT2D eigenvalue weighted by molar-refractivity contribution is 6.17. The predicted molar refractivity (Wildman–Crippen MR) is 265 cm³/mol. The lowest BCUT2D eigenvalue weighted by Crippen LogP contribution is -2.77. The molecule has 6 aromatic rings. The minimum atomic E-state index is -4.98. The number of carbonyl (C=O) groups excluding carboxylic acids is 1. The average molecular weight is 1130 g/mol. The highest BCUT2D eigenvalue weighted by atomic mass is 35.5. The number of benzene rings is 2. The third-order valence-corrected chi connectivity index (χ3v) is 14.6. The minimum absolute atomic E-state index is 0.139. The number of alkyl halides is 7. The number of nitrogens with zero attached hydrogens (tertiary/aromatic N) is 4. The molecule has 9 rings (SSSR count). The topological polar surface area (TPSA) is 90.8 Å². The second-order valence-corrected chi connectivity index (χ2v) is 20.1. The molecule has 0 radical (unpaired) electrons. The molecule has 1 unspecified atom stereocenters. The number of hydrogen-bond donors (Lipinski definition) is 1. The number of nitrogens with one attached hydrogen (secondary N) is 1. The van der Waals surface area contributed by atoms with Crippen molar-refractivity contribution in [2.45, 2.75) is 81.7 Å². The summed E-state index contributed by atoms with van der Waals surface area (Å²) in [6, 6.07) is 11.3. The molecule has 2 aliphatic heterocycles. The molecule has 1 amide bonds. The summed E-state index contributed by atoms with van der Waals surface area (Å²) in [6.45, 7) is 5.04. The van der Waals surface area contributed by atoms with E-state index in [0.29, 0.717) is 106 Å². The lowest BCUT2D eigenvalue weighted by atomic mass is 9.82. The van der Waals surface area contributed by atoms with Gasteiger partial charge in [-0.15, -0.1) is 20.7 Å². The van der Waals surface area contributed by atoms with E-state index in [0.717, 1.165) is 65.1 Å². The number of hydrogen-bond acceptors (Lipinski definition) is 6. The molecule has 0 saturated heterocycles. The van der Waals surface area contributed by atoms with E-state index in [2.05, 4.69) is 5.32 Å². The monoisotopic (exact) mass is 1130 g/mol. The van der Waals surface area contributed by atoms with E-state index >= 15 is 17.6 Å². The van der Waals surface area contributed by atoms with Crippen LogP contribution in [0.15, 0.2) is 97.6 Å². The van der Waals surface area contributed by atoms with Gasteiger partial charge in [0, 0.05) is 67.6 Å². The normalized spacial score (nSPS) is 16.9. The molecule has 1 saturated carbocycles. The lowest BCUT2D eigenvalue weighted by Gasteiger charge is -2.25. The molecule has 3 aliphatic rings. The third kappa shape index (κ3) is 12.0. The van der Waals surface area contributed by atoms with E-state index in [1.54, 1.807) is 31.2 Å². The van der Waals surface area contributed by atoms with E-state index in [-0.39, 0.29) is 66.0 Å². The molecule has 0 bridgehead atoms. The molecule has 2 atom stereocenters. The van der Waals surface area contributed by atoms with Crippen LogP contribution in [0.5, 0.6) is 0 Å². The number of fused-ring (bicyclic) bond motifs is 6. The van der Waals surface area contributed by atoms with Crippen LogP contribution in [-0.4, -0.2) is 76.8 Å². The van der Waals surface area contributed by atoms with Gasteiger partial charge in [-0.1, -0.05) is 12.8 Å². The van der Waals surface area contributed by atoms with Gasteiger partial charge in [0.2, 0.25) is 11.4 Å². The van der Waals surface area contributed by atoms with Gasteiger partial charge in [-0.3, -0.25) is 4.79 Å². The highest BCUT2D eigenvalue weighted by Gasteiger charge is 2.74. The Kier molecular flexibility index (Phi) is 17.4. The fourth-order valence-electron chi connectivity index (χ4n) is 10.5.